The Morgan fingerprint density at radius 3 is 2.48 bits per heavy atom. The molecule has 1 N–H and O–H groups in total. The largest absolute Gasteiger partial charge is 0.497 e. The number of nitrogens with zero attached hydrogens (tertiary/aromatic N) is 2. The van der Waals surface area contributed by atoms with E-state index in [9.17, 15) is 4.79 Å². The summed E-state index contributed by atoms with van der Waals surface area (Å²) in [5.74, 6) is 0.716. The number of carbonyl (C=O) groups is 1. The predicted molar refractivity (Wildman–Crippen MR) is 108 cm³/mol. The van der Waals surface area contributed by atoms with Gasteiger partial charge in [-0.3, -0.25) is 9.78 Å². The summed E-state index contributed by atoms with van der Waals surface area (Å²) in [6.45, 7) is 3.18. The number of carbonyl (C=O) groups excluding carboxylic acids is 1. The van der Waals surface area contributed by atoms with Crippen molar-refractivity contribution in [1.82, 2.24) is 4.98 Å². The lowest BCUT2D eigenvalue weighted by atomic mass is 10.2. The zero-order valence-corrected chi connectivity index (χ0v) is 15.6. The van der Waals surface area contributed by atoms with Gasteiger partial charge in [0.1, 0.15) is 11.4 Å². The smallest absolute Gasteiger partial charge is 0.276 e. The Labute approximate surface area is 159 Å². The van der Waals surface area contributed by atoms with E-state index in [-0.39, 0.29) is 5.91 Å². The Balaban J connectivity index is 1.71. The highest BCUT2D eigenvalue weighted by Gasteiger charge is 2.17. The maximum absolute atomic E-state index is 12.9. The molecule has 5 nitrogen and oxygen atoms in total. The number of hydrogen-bond acceptors (Lipinski definition) is 4. The molecular formula is C22H23N3O2. The SMILES string of the molecule is CCN(C(=O)c1cc(NCc2ccc(OC)cc2)ccn1)c1ccccc1. The molecule has 0 bridgehead atoms. The van der Waals surface area contributed by atoms with Crippen LogP contribution < -0.4 is 15.0 Å². The van der Waals surface area contributed by atoms with Crippen molar-refractivity contribution in [3.8, 4) is 5.75 Å². The highest BCUT2D eigenvalue weighted by Crippen LogP contribution is 2.18. The average molecular weight is 361 g/mol. The second-order valence-corrected chi connectivity index (χ2v) is 6.02. The lowest BCUT2D eigenvalue weighted by molar-refractivity contribution is 0.0983. The predicted octanol–water partition coefficient (Wildman–Crippen LogP) is 4.37. The quantitative estimate of drug-likeness (QED) is 0.679. The second-order valence-electron chi connectivity index (χ2n) is 6.02. The lowest BCUT2D eigenvalue weighted by Crippen LogP contribution is -2.31. The Morgan fingerprint density at radius 2 is 1.81 bits per heavy atom. The van der Waals surface area contributed by atoms with E-state index in [0.29, 0.717) is 18.8 Å². The highest BCUT2D eigenvalue weighted by molar-refractivity contribution is 6.05. The summed E-state index contributed by atoms with van der Waals surface area (Å²) in [4.78, 5) is 18.9. The molecule has 2 aromatic carbocycles. The van der Waals surface area contributed by atoms with Gasteiger partial charge in [0.15, 0.2) is 0 Å². The number of aromatic nitrogens is 1. The molecule has 27 heavy (non-hydrogen) atoms. The first-order valence-corrected chi connectivity index (χ1v) is 8.91. The molecule has 1 amide bonds. The normalized spacial score (nSPS) is 10.3. The number of hydrogen-bond donors (Lipinski definition) is 1. The molecule has 0 atom stereocenters. The molecule has 0 spiro atoms. The van der Waals surface area contributed by atoms with Crippen molar-refractivity contribution in [2.45, 2.75) is 13.5 Å². The standard InChI is InChI=1S/C22H23N3O2/c1-3-25(19-7-5-4-6-8-19)22(26)21-15-18(13-14-23-21)24-16-17-9-11-20(27-2)12-10-17/h4-15H,3,16H2,1-2H3,(H,23,24). The molecule has 0 radical (unpaired) electrons. The van der Waals surface area contributed by atoms with Crippen LogP contribution in [0.4, 0.5) is 11.4 Å². The van der Waals surface area contributed by atoms with E-state index < -0.39 is 0 Å². The molecule has 1 aromatic heterocycles. The zero-order chi connectivity index (χ0) is 19.1. The van der Waals surface area contributed by atoms with Crippen molar-refractivity contribution in [3.05, 3.63) is 84.2 Å². The van der Waals surface area contributed by atoms with Crippen molar-refractivity contribution < 1.29 is 9.53 Å². The number of methoxy groups -OCH3 is 1. The maximum atomic E-state index is 12.9. The summed E-state index contributed by atoms with van der Waals surface area (Å²) in [7, 11) is 1.65. The molecule has 0 aliphatic rings. The second kappa shape index (κ2) is 8.85. The minimum absolute atomic E-state index is 0.114. The van der Waals surface area contributed by atoms with Gasteiger partial charge in [-0.25, -0.2) is 0 Å². The number of rotatable bonds is 7. The molecule has 0 saturated heterocycles. The number of pyridine rings is 1. The van der Waals surface area contributed by atoms with Crippen LogP contribution in [0.2, 0.25) is 0 Å². The number of ether oxygens (including phenoxy) is 1. The van der Waals surface area contributed by atoms with Gasteiger partial charge in [-0.2, -0.15) is 0 Å². The summed E-state index contributed by atoms with van der Waals surface area (Å²) in [5.41, 5.74) is 3.26. The average Bonchev–Trinajstić information content (AvgIpc) is 2.74. The third-order valence-electron chi connectivity index (χ3n) is 4.26. The van der Waals surface area contributed by atoms with Gasteiger partial charge >= 0.3 is 0 Å². The van der Waals surface area contributed by atoms with E-state index in [1.807, 2.05) is 67.6 Å². The number of nitrogens with one attached hydrogen (secondary N) is 1. The van der Waals surface area contributed by atoms with Crippen molar-refractivity contribution in [3.63, 3.8) is 0 Å². The fourth-order valence-corrected chi connectivity index (χ4v) is 2.79. The van der Waals surface area contributed by atoms with E-state index in [4.69, 9.17) is 4.74 Å². The third kappa shape index (κ3) is 4.64. The minimum Gasteiger partial charge on any atom is -0.497 e. The molecule has 0 aliphatic heterocycles. The Morgan fingerprint density at radius 1 is 1.07 bits per heavy atom. The van der Waals surface area contributed by atoms with Crippen LogP contribution in [0, 0.1) is 0 Å². The van der Waals surface area contributed by atoms with Crippen LogP contribution in [0.15, 0.2) is 72.9 Å². The zero-order valence-electron chi connectivity index (χ0n) is 15.6. The van der Waals surface area contributed by atoms with Crippen LogP contribution in [-0.4, -0.2) is 24.5 Å². The topological polar surface area (TPSA) is 54.5 Å². The first-order valence-electron chi connectivity index (χ1n) is 8.91. The molecule has 0 saturated carbocycles. The molecule has 1 heterocycles. The van der Waals surface area contributed by atoms with Crippen LogP contribution in [0.5, 0.6) is 5.75 Å². The fraction of sp³-hybridized carbons (Fsp3) is 0.182. The first kappa shape index (κ1) is 18.5. The number of anilines is 2. The lowest BCUT2D eigenvalue weighted by Gasteiger charge is -2.20. The summed E-state index contributed by atoms with van der Waals surface area (Å²) < 4.78 is 5.17. The fourth-order valence-electron chi connectivity index (χ4n) is 2.79. The van der Waals surface area contributed by atoms with Gasteiger partial charge in [0.2, 0.25) is 0 Å². The van der Waals surface area contributed by atoms with Crippen LogP contribution in [0.25, 0.3) is 0 Å². The molecular weight excluding hydrogens is 338 g/mol. The van der Waals surface area contributed by atoms with E-state index in [1.54, 1.807) is 24.3 Å². The van der Waals surface area contributed by atoms with E-state index in [2.05, 4.69) is 10.3 Å². The van der Waals surface area contributed by atoms with Crippen molar-refractivity contribution in [2.75, 3.05) is 23.9 Å². The summed E-state index contributed by atoms with van der Waals surface area (Å²) in [6, 6.07) is 21.1. The van der Waals surface area contributed by atoms with Crippen molar-refractivity contribution >= 4 is 17.3 Å². The number of amides is 1. The third-order valence-corrected chi connectivity index (χ3v) is 4.26. The molecule has 138 valence electrons. The van der Waals surface area contributed by atoms with E-state index >= 15 is 0 Å². The monoisotopic (exact) mass is 361 g/mol. The highest BCUT2D eigenvalue weighted by atomic mass is 16.5. The summed E-state index contributed by atoms with van der Waals surface area (Å²) in [5, 5.41) is 3.34. The van der Waals surface area contributed by atoms with Crippen molar-refractivity contribution in [2.24, 2.45) is 0 Å². The Kier molecular flexibility index (Phi) is 6.05. The van der Waals surface area contributed by atoms with Gasteiger partial charge in [-0.1, -0.05) is 30.3 Å². The molecule has 0 unspecified atom stereocenters. The molecule has 5 heteroatoms. The molecule has 3 aromatic rings. The van der Waals surface area contributed by atoms with Crippen LogP contribution in [-0.2, 0) is 6.54 Å². The van der Waals surface area contributed by atoms with Crippen LogP contribution in [0.3, 0.4) is 0 Å². The van der Waals surface area contributed by atoms with Crippen LogP contribution in [0.1, 0.15) is 23.0 Å². The van der Waals surface area contributed by atoms with Gasteiger partial charge in [-0.05, 0) is 48.9 Å². The van der Waals surface area contributed by atoms with Crippen molar-refractivity contribution in [1.29, 1.82) is 0 Å². The summed E-state index contributed by atoms with van der Waals surface area (Å²) >= 11 is 0. The van der Waals surface area contributed by atoms with Gasteiger partial charge in [0, 0.05) is 30.7 Å². The van der Waals surface area contributed by atoms with E-state index in [1.165, 1.54) is 0 Å². The van der Waals surface area contributed by atoms with Gasteiger partial charge in [0.05, 0.1) is 7.11 Å². The maximum Gasteiger partial charge on any atom is 0.276 e. The first-order chi connectivity index (χ1) is 13.2. The summed E-state index contributed by atoms with van der Waals surface area (Å²) in [6.07, 6.45) is 1.66. The van der Waals surface area contributed by atoms with Gasteiger partial charge in [0.25, 0.3) is 5.91 Å². The molecule has 0 aliphatic carbocycles. The number of para-hydroxylation sites is 1. The van der Waals surface area contributed by atoms with Gasteiger partial charge < -0.3 is 15.0 Å². The Hall–Kier alpha value is -3.34. The van der Waals surface area contributed by atoms with Gasteiger partial charge in [-0.15, -0.1) is 0 Å². The molecule has 3 rings (SSSR count). The molecule has 0 fully saturated rings. The number of benzene rings is 2. The Bertz CT molecular complexity index is 880. The van der Waals surface area contributed by atoms with Crippen LogP contribution >= 0.6 is 0 Å². The van der Waals surface area contributed by atoms with E-state index in [0.717, 1.165) is 22.7 Å². The minimum atomic E-state index is -0.114.